The van der Waals surface area contributed by atoms with Crippen molar-refractivity contribution in [3.8, 4) is 17.6 Å². The highest BCUT2D eigenvalue weighted by Gasteiger charge is 2.24. The van der Waals surface area contributed by atoms with Crippen molar-refractivity contribution in [1.82, 2.24) is 0 Å². The Kier molecular flexibility index (Phi) is 25.4. The van der Waals surface area contributed by atoms with E-state index in [9.17, 15) is 14.4 Å². The molecule has 0 aliphatic heterocycles. The first-order valence-corrected chi connectivity index (χ1v) is 21.7. The van der Waals surface area contributed by atoms with Crippen molar-refractivity contribution in [2.45, 2.75) is 153 Å². The van der Waals surface area contributed by atoms with Gasteiger partial charge in [0, 0.05) is 29.9 Å². The van der Waals surface area contributed by atoms with Crippen LogP contribution in [0.25, 0.3) is 0 Å². The fourth-order valence-electron chi connectivity index (χ4n) is 6.79. The summed E-state index contributed by atoms with van der Waals surface area (Å²) in [6.45, 7) is 9.30. The van der Waals surface area contributed by atoms with Gasteiger partial charge in [-0.15, -0.1) is 0 Å². The molecule has 0 amide bonds. The molecule has 312 valence electrons. The first kappa shape index (κ1) is 47.0. The predicted molar refractivity (Wildman–Crippen MR) is 227 cm³/mol. The molecule has 1 fully saturated rings. The van der Waals surface area contributed by atoms with E-state index in [-0.39, 0.29) is 30.1 Å². The van der Waals surface area contributed by atoms with Gasteiger partial charge in [0.1, 0.15) is 11.9 Å². The van der Waals surface area contributed by atoms with Gasteiger partial charge >= 0.3 is 17.9 Å². The average molecular weight is 785 g/mol. The minimum absolute atomic E-state index is 0.0629. The summed E-state index contributed by atoms with van der Waals surface area (Å²) in [5.41, 5.74) is 2.29. The van der Waals surface area contributed by atoms with Crippen LogP contribution < -0.4 is 4.74 Å². The molecule has 0 spiro atoms. The molecule has 8 heteroatoms. The molecule has 0 radical (unpaired) electrons. The van der Waals surface area contributed by atoms with Crippen LogP contribution in [0.4, 0.5) is 0 Å². The van der Waals surface area contributed by atoms with Gasteiger partial charge in [0.2, 0.25) is 0 Å². The zero-order chi connectivity index (χ0) is 40.6. The average Bonchev–Trinajstić information content (AvgIpc) is 3.24. The van der Waals surface area contributed by atoms with Crippen molar-refractivity contribution in [3.05, 3.63) is 90.5 Å². The molecule has 2 aromatic carbocycles. The normalized spacial score (nSPS) is 14.8. The Morgan fingerprint density at radius 1 is 0.509 bits per heavy atom. The van der Waals surface area contributed by atoms with Gasteiger partial charge in [-0.2, -0.15) is 0 Å². The zero-order valence-electron chi connectivity index (χ0n) is 34.5. The third-order valence-corrected chi connectivity index (χ3v) is 10.2. The van der Waals surface area contributed by atoms with Crippen molar-refractivity contribution >= 4 is 17.9 Å². The van der Waals surface area contributed by atoms with E-state index < -0.39 is 0 Å². The van der Waals surface area contributed by atoms with Crippen LogP contribution >= 0.6 is 0 Å². The number of hydrogen-bond donors (Lipinski definition) is 0. The molecule has 0 unspecified atom stereocenters. The lowest BCUT2D eigenvalue weighted by Gasteiger charge is -2.28. The number of carbonyl (C=O) groups excluding carboxylic acids is 3. The highest BCUT2D eigenvalue weighted by molar-refractivity contribution is 5.89. The quantitative estimate of drug-likeness (QED) is 0.0254. The Morgan fingerprint density at radius 2 is 0.895 bits per heavy atom. The number of rotatable bonds is 30. The molecule has 2 aromatic rings. The standard InChI is InChI=1S/C49H68O8/c1-3-47(50)55-39-21-17-13-9-5-7-11-15-19-37-53-44-31-27-42(28-32-44)24-23-41-25-29-43(30-26-41)49(52)57-46-35-33-45(34-36-46)54-38-20-16-12-8-6-10-14-18-22-40-56-48(51)4-2/h3-4,25-32,45-46H,1-2,5-22,33-40H2. The Bertz CT molecular complexity index is 1480. The second kappa shape index (κ2) is 30.7. The molecule has 57 heavy (non-hydrogen) atoms. The summed E-state index contributed by atoms with van der Waals surface area (Å²) in [7, 11) is 0. The number of esters is 3. The summed E-state index contributed by atoms with van der Waals surface area (Å²) in [4.78, 5) is 34.9. The fourth-order valence-corrected chi connectivity index (χ4v) is 6.79. The SMILES string of the molecule is C=CC(=O)OCCCCCCCCCCCOc1ccc(C#Cc2ccc(C(=O)OC3CCC(OCCCCCCCCCCCOC(=O)C=C)CC3)cc2)cc1. The van der Waals surface area contributed by atoms with E-state index in [0.717, 1.165) is 87.7 Å². The lowest BCUT2D eigenvalue weighted by Crippen LogP contribution is -2.28. The molecular weight excluding hydrogens is 717 g/mol. The van der Waals surface area contributed by atoms with Gasteiger partial charge in [0.15, 0.2) is 0 Å². The largest absolute Gasteiger partial charge is 0.494 e. The van der Waals surface area contributed by atoms with Crippen LogP contribution in [-0.2, 0) is 28.5 Å². The maximum atomic E-state index is 12.8. The lowest BCUT2D eigenvalue weighted by atomic mass is 9.95. The van der Waals surface area contributed by atoms with Crippen molar-refractivity contribution in [1.29, 1.82) is 0 Å². The molecule has 1 aliphatic carbocycles. The minimum atomic E-state index is -0.338. The van der Waals surface area contributed by atoms with Gasteiger partial charge in [-0.05, 0) is 99.9 Å². The van der Waals surface area contributed by atoms with Crippen LogP contribution in [0.3, 0.4) is 0 Å². The van der Waals surface area contributed by atoms with Gasteiger partial charge in [-0.3, -0.25) is 0 Å². The third-order valence-electron chi connectivity index (χ3n) is 10.2. The van der Waals surface area contributed by atoms with Gasteiger partial charge in [-0.1, -0.05) is 115 Å². The fraction of sp³-hybridized carbons (Fsp3) is 0.571. The molecule has 0 saturated heterocycles. The minimum Gasteiger partial charge on any atom is -0.494 e. The maximum absolute atomic E-state index is 12.8. The van der Waals surface area contributed by atoms with Crippen molar-refractivity contribution in [2.75, 3.05) is 26.4 Å². The summed E-state index contributed by atoms with van der Waals surface area (Å²) in [6, 6.07) is 15.2. The monoisotopic (exact) mass is 784 g/mol. The zero-order valence-corrected chi connectivity index (χ0v) is 34.5. The lowest BCUT2D eigenvalue weighted by molar-refractivity contribution is -0.138. The smallest absolute Gasteiger partial charge is 0.338 e. The highest BCUT2D eigenvalue weighted by Crippen LogP contribution is 2.25. The summed E-state index contributed by atoms with van der Waals surface area (Å²) in [5.74, 6) is 6.29. The van der Waals surface area contributed by atoms with E-state index in [4.69, 9.17) is 23.7 Å². The van der Waals surface area contributed by atoms with E-state index in [1.807, 2.05) is 36.4 Å². The number of unbranched alkanes of at least 4 members (excludes halogenated alkanes) is 16. The summed E-state index contributed by atoms with van der Waals surface area (Å²) < 4.78 is 27.9. The maximum Gasteiger partial charge on any atom is 0.338 e. The first-order chi connectivity index (χ1) is 28.0. The molecule has 0 aromatic heterocycles. The number of hydrogen-bond acceptors (Lipinski definition) is 8. The van der Waals surface area contributed by atoms with Gasteiger partial charge in [-0.25, -0.2) is 14.4 Å². The number of benzene rings is 2. The second-order valence-electron chi connectivity index (χ2n) is 15.0. The molecule has 0 atom stereocenters. The molecule has 0 heterocycles. The Morgan fingerprint density at radius 3 is 1.35 bits per heavy atom. The van der Waals surface area contributed by atoms with E-state index in [2.05, 4.69) is 25.0 Å². The predicted octanol–water partition coefficient (Wildman–Crippen LogP) is 11.4. The van der Waals surface area contributed by atoms with Crippen LogP contribution in [0, 0.1) is 11.8 Å². The van der Waals surface area contributed by atoms with Crippen molar-refractivity contribution in [3.63, 3.8) is 0 Å². The van der Waals surface area contributed by atoms with Crippen LogP contribution in [0.15, 0.2) is 73.8 Å². The molecule has 3 rings (SSSR count). The molecule has 1 saturated carbocycles. The van der Waals surface area contributed by atoms with E-state index in [0.29, 0.717) is 25.4 Å². The van der Waals surface area contributed by atoms with Crippen LogP contribution in [0.5, 0.6) is 5.75 Å². The Hall–Kier alpha value is -4.35. The molecule has 8 nitrogen and oxygen atoms in total. The summed E-state index contributed by atoms with van der Waals surface area (Å²) in [5, 5.41) is 0. The number of carbonyl (C=O) groups is 3. The van der Waals surface area contributed by atoms with Crippen LogP contribution in [0.1, 0.15) is 163 Å². The molecule has 0 N–H and O–H groups in total. The van der Waals surface area contributed by atoms with Gasteiger partial charge in [0.25, 0.3) is 0 Å². The van der Waals surface area contributed by atoms with E-state index in [1.54, 1.807) is 12.1 Å². The Labute approximate surface area is 343 Å². The topological polar surface area (TPSA) is 97.4 Å². The van der Waals surface area contributed by atoms with Gasteiger partial charge in [0.05, 0.1) is 31.5 Å². The van der Waals surface area contributed by atoms with Crippen molar-refractivity contribution < 1.29 is 38.1 Å². The summed E-state index contributed by atoms with van der Waals surface area (Å²) in [6.07, 6.45) is 27.0. The molecule has 1 aliphatic rings. The van der Waals surface area contributed by atoms with Gasteiger partial charge < -0.3 is 23.7 Å². The number of ether oxygens (including phenoxy) is 5. The summed E-state index contributed by atoms with van der Waals surface area (Å²) >= 11 is 0. The highest BCUT2D eigenvalue weighted by atomic mass is 16.5. The van der Waals surface area contributed by atoms with E-state index in [1.165, 1.54) is 89.2 Å². The van der Waals surface area contributed by atoms with E-state index >= 15 is 0 Å². The molecule has 0 bridgehead atoms. The Balaban J connectivity index is 1.17. The van der Waals surface area contributed by atoms with Crippen molar-refractivity contribution in [2.24, 2.45) is 0 Å². The molecular formula is C49H68O8. The third kappa shape index (κ3) is 22.8. The van der Waals surface area contributed by atoms with Crippen LogP contribution in [-0.4, -0.2) is 56.5 Å². The second-order valence-corrected chi connectivity index (χ2v) is 15.0. The first-order valence-electron chi connectivity index (χ1n) is 21.7. The van der Waals surface area contributed by atoms with Crippen LogP contribution in [0.2, 0.25) is 0 Å².